The Morgan fingerprint density at radius 2 is 2.00 bits per heavy atom. The molecule has 82 valence electrons. The Morgan fingerprint density at radius 1 is 1.36 bits per heavy atom. The van der Waals surface area contributed by atoms with Gasteiger partial charge < -0.3 is 5.11 Å². The molecule has 1 fully saturated rings. The standard InChI is InChI=1S/C12H21ClO/c1-2-11(7-6-10-13)12(14)8-4-3-5-9-12/h2,11,14H,1,3-10H2. The van der Waals surface area contributed by atoms with Crippen molar-refractivity contribution in [2.45, 2.75) is 50.5 Å². The average molecular weight is 217 g/mol. The third-order valence-electron chi connectivity index (χ3n) is 3.34. The van der Waals surface area contributed by atoms with E-state index in [9.17, 15) is 5.11 Å². The van der Waals surface area contributed by atoms with Gasteiger partial charge in [0.05, 0.1) is 5.60 Å². The second-order valence-electron chi connectivity index (χ2n) is 4.34. The Hall–Kier alpha value is -0.0100. The van der Waals surface area contributed by atoms with Crippen LogP contribution in [0, 0.1) is 5.92 Å². The van der Waals surface area contributed by atoms with Crippen molar-refractivity contribution < 1.29 is 5.11 Å². The molecule has 0 bridgehead atoms. The maximum atomic E-state index is 10.4. The Morgan fingerprint density at radius 3 is 2.50 bits per heavy atom. The zero-order chi connectivity index (χ0) is 10.4. The van der Waals surface area contributed by atoms with E-state index in [1.165, 1.54) is 6.42 Å². The summed E-state index contributed by atoms with van der Waals surface area (Å²) < 4.78 is 0. The smallest absolute Gasteiger partial charge is 0.0710 e. The van der Waals surface area contributed by atoms with E-state index >= 15 is 0 Å². The van der Waals surface area contributed by atoms with Crippen LogP contribution in [0.4, 0.5) is 0 Å². The minimum Gasteiger partial charge on any atom is -0.389 e. The first-order valence-electron chi connectivity index (χ1n) is 5.64. The molecule has 1 N–H and O–H groups in total. The fourth-order valence-corrected chi connectivity index (χ4v) is 2.59. The molecular weight excluding hydrogens is 196 g/mol. The van der Waals surface area contributed by atoms with Gasteiger partial charge in [-0.1, -0.05) is 25.3 Å². The third kappa shape index (κ3) is 2.99. The highest BCUT2D eigenvalue weighted by Gasteiger charge is 2.35. The first-order valence-corrected chi connectivity index (χ1v) is 6.17. The average Bonchev–Trinajstić information content (AvgIpc) is 2.20. The summed E-state index contributed by atoms with van der Waals surface area (Å²) in [5.41, 5.74) is -0.480. The van der Waals surface area contributed by atoms with Crippen molar-refractivity contribution in [3.8, 4) is 0 Å². The van der Waals surface area contributed by atoms with Crippen molar-refractivity contribution in [1.82, 2.24) is 0 Å². The maximum Gasteiger partial charge on any atom is 0.0710 e. The van der Waals surface area contributed by atoms with Gasteiger partial charge in [-0.25, -0.2) is 0 Å². The van der Waals surface area contributed by atoms with E-state index in [1.54, 1.807) is 0 Å². The van der Waals surface area contributed by atoms with Gasteiger partial charge in [0.15, 0.2) is 0 Å². The van der Waals surface area contributed by atoms with Crippen LogP contribution in [-0.4, -0.2) is 16.6 Å². The van der Waals surface area contributed by atoms with Gasteiger partial charge in [0.25, 0.3) is 0 Å². The fraction of sp³-hybridized carbons (Fsp3) is 0.833. The molecule has 1 atom stereocenters. The van der Waals surface area contributed by atoms with Crippen LogP contribution < -0.4 is 0 Å². The van der Waals surface area contributed by atoms with E-state index in [-0.39, 0.29) is 5.92 Å². The van der Waals surface area contributed by atoms with Crippen LogP contribution in [0.5, 0.6) is 0 Å². The molecule has 0 radical (unpaired) electrons. The lowest BCUT2D eigenvalue weighted by Gasteiger charge is -2.38. The predicted molar refractivity (Wildman–Crippen MR) is 61.7 cm³/mol. The molecule has 0 aromatic carbocycles. The molecule has 0 saturated heterocycles. The molecule has 1 unspecified atom stereocenters. The van der Waals surface area contributed by atoms with Crippen LogP contribution in [0.25, 0.3) is 0 Å². The van der Waals surface area contributed by atoms with Gasteiger partial charge in [-0.2, -0.15) is 0 Å². The first-order chi connectivity index (χ1) is 6.73. The van der Waals surface area contributed by atoms with Crippen molar-refractivity contribution in [1.29, 1.82) is 0 Å². The Bertz CT molecular complexity index is 173. The Balaban J connectivity index is 2.51. The normalized spacial score (nSPS) is 23.0. The Kier molecular flexibility index (Phi) is 4.97. The molecule has 1 saturated carbocycles. The topological polar surface area (TPSA) is 20.2 Å². The minimum absolute atomic E-state index is 0.238. The van der Waals surface area contributed by atoms with E-state index < -0.39 is 5.60 Å². The monoisotopic (exact) mass is 216 g/mol. The summed E-state index contributed by atoms with van der Waals surface area (Å²) in [6.45, 7) is 3.83. The maximum absolute atomic E-state index is 10.4. The number of hydrogen-bond donors (Lipinski definition) is 1. The van der Waals surface area contributed by atoms with Crippen LogP contribution in [-0.2, 0) is 0 Å². The van der Waals surface area contributed by atoms with E-state index in [0.717, 1.165) is 38.5 Å². The first kappa shape index (κ1) is 12.1. The molecule has 0 aromatic heterocycles. The Labute approximate surface area is 92.2 Å². The van der Waals surface area contributed by atoms with E-state index in [1.807, 2.05) is 6.08 Å². The lowest BCUT2D eigenvalue weighted by Crippen LogP contribution is -2.38. The molecule has 0 aromatic rings. The summed E-state index contributed by atoms with van der Waals surface area (Å²) in [5, 5.41) is 10.4. The highest BCUT2D eigenvalue weighted by molar-refractivity contribution is 6.17. The predicted octanol–water partition coefficient (Wildman–Crippen LogP) is 3.50. The number of alkyl halides is 1. The van der Waals surface area contributed by atoms with Crippen molar-refractivity contribution >= 4 is 11.6 Å². The number of hydrogen-bond acceptors (Lipinski definition) is 1. The molecule has 1 aliphatic carbocycles. The van der Waals surface area contributed by atoms with Crippen LogP contribution in [0.3, 0.4) is 0 Å². The number of halogens is 1. The zero-order valence-corrected chi connectivity index (χ0v) is 9.60. The van der Waals surface area contributed by atoms with Gasteiger partial charge in [-0.3, -0.25) is 0 Å². The molecule has 0 heterocycles. The fourth-order valence-electron chi connectivity index (χ4n) is 2.44. The quantitative estimate of drug-likeness (QED) is 0.551. The summed E-state index contributed by atoms with van der Waals surface area (Å²) >= 11 is 5.67. The van der Waals surface area contributed by atoms with Crippen LogP contribution in [0.2, 0.25) is 0 Å². The summed E-state index contributed by atoms with van der Waals surface area (Å²) in [6, 6.07) is 0. The van der Waals surface area contributed by atoms with Crippen LogP contribution in [0.1, 0.15) is 44.9 Å². The van der Waals surface area contributed by atoms with E-state index in [0.29, 0.717) is 5.88 Å². The van der Waals surface area contributed by atoms with Crippen molar-refractivity contribution in [2.24, 2.45) is 5.92 Å². The highest BCUT2D eigenvalue weighted by Crippen LogP contribution is 2.37. The molecular formula is C12H21ClO. The van der Waals surface area contributed by atoms with E-state index in [2.05, 4.69) is 6.58 Å². The molecule has 1 rings (SSSR count). The minimum atomic E-state index is -0.480. The second-order valence-corrected chi connectivity index (χ2v) is 4.72. The summed E-state index contributed by atoms with van der Waals surface area (Å²) in [7, 11) is 0. The lowest BCUT2D eigenvalue weighted by molar-refractivity contribution is -0.0355. The molecule has 14 heavy (non-hydrogen) atoms. The summed E-state index contributed by atoms with van der Waals surface area (Å²) in [5.74, 6) is 0.919. The van der Waals surface area contributed by atoms with E-state index in [4.69, 9.17) is 11.6 Å². The third-order valence-corrected chi connectivity index (χ3v) is 3.61. The van der Waals surface area contributed by atoms with Crippen LogP contribution >= 0.6 is 11.6 Å². The SMILES string of the molecule is C=CC(CCCCl)C1(O)CCCCC1. The van der Waals surface area contributed by atoms with Gasteiger partial charge >= 0.3 is 0 Å². The summed E-state index contributed by atoms with van der Waals surface area (Å²) in [6.07, 6.45) is 9.31. The van der Waals surface area contributed by atoms with Crippen molar-refractivity contribution in [2.75, 3.05) is 5.88 Å². The largest absolute Gasteiger partial charge is 0.389 e. The summed E-state index contributed by atoms with van der Waals surface area (Å²) in [4.78, 5) is 0. The van der Waals surface area contributed by atoms with Gasteiger partial charge in [-0.15, -0.1) is 18.2 Å². The second kappa shape index (κ2) is 5.77. The van der Waals surface area contributed by atoms with Crippen molar-refractivity contribution in [3.63, 3.8) is 0 Å². The van der Waals surface area contributed by atoms with Crippen LogP contribution in [0.15, 0.2) is 12.7 Å². The molecule has 2 heteroatoms. The van der Waals surface area contributed by atoms with Crippen molar-refractivity contribution in [3.05, 3.63) is 12.7 Å². The zero-order valence-electron chi connectivity index (χ0n) is 8.84. The molecule has 1 aliphatic rings. The number of aliphatic hydroxyl groups is 1. The lowest BCUT2D eigenvalue weighted by atomic mass is 9.74. The molecule has 0 spiro atoms. The van der Waals surface area contributed by atoms with Gasteiger partial charge in [0, 0.05) is 11.8 Å². The van der Waals surface area contributed by atoms with Gasteiger partial charge in [-0.05, 0) is 25.7 Å². The van der Waals surface area contributed by atoms with Gasteiger partial charge in [0.2, 0.25) is 0 Å². The highest BCUT2D eigenvalue weighted by atomic mass is 35.5. The molecule has 0 amide bonds. The van der Waals surface area contributed by atoms with Gasteiger partial charge in [0.1, 0.15) is 0 Å². The molecule has 0 aliphatic heterocycles. The molecule has 1 nitrogen and oxygen atoms in total. The number of rotatable bonds is 5.